The molecule has 0 aromatic carbocycles. The van der Waals surface area contributed by atoms with Crippen molar-refractivity contribution in [3.8, 4) is 5.88 Å². The standard InChI is InChI=1S/C15H25N3O/c1-3-11-4-6-12(7-5-11)10-17-14-9-8-13(16)15(18-14)19-2/h8-9,11-12H,3-7,10,16H2,1-2H3,(H,17,18). The van der Waals surface area contributed by atoms with Crippen molar-refractivity contribution in [1.82, 2.24) is 4.98 Å². The van der Waals surface area contributed by atoms with Crippen LogP contribution in [0.4, 0.5) is 11.5 Å². The molecule has 1 saturated carbocycles. The Hall–Kier alpha value is -1.45. The number of nitrogens with one attached hydrogen (secondary N) is 1. The lowest BCUT2D eigenvalue weighted by atomic mass is 9.81. The third-order valence-corrected chi connectivity index (χ3v) is 4.20. The lowest BCUT2D eigenvalue weighted by Crippen LogP contribution is -2.21. The molecule has 0 atom stereocenters. The first-order chi connectivity index (χ1) is 9.22. The fourth-order valence-corrected chi connectivity index (χ4v) is 2.81. The molecule has 1 fully saturated rings. The van der Waals surface area contributed by atoms with Crippen LogP contribution in [0.5, 0.6) is 5.88 Å². The third kappa shape index (κ3) is 3.75. The minimum atomic E-state index is 0.500. The number of nitrogens with two attached hydrogens (primary N) is 1. The first-order valence-electron chi connectivity index (χ1n) is 7.27. The highest BCUT2D eigenvalue weighted by molar-refractivity contribution is 5.53. The van der Waals surface area contributed by atoms with E-state index >= 15 is 0 Å². The molecule has 0 bridgehead atoms. The van der Waals surface area contributed by atoms with E-state index in [2.05, 4.69) is 17.2 Å². The van der Waals surface area contributed by atoms with Crippen LogP contribution in [-0.2, 0) is 0 Å². The second-order valence-corrected chi connectivity index (χ2v) is 5.47. The zero-order valence-corrected chi connectivity index (χ0v) is 12.0. The number of aromatic nitrogens is 1. The average molecular weight is 263 g/mol. The van der Waals surface area contributed by atoms with Crippen molar-refractivity contribution in [2.24, 2.45) is 11.8 Å². The monoisotopic (exact) mass is 263 g/mol. The van der Waals surface area contributed by atoms with Crippen molar-refractivity contribution >= 4 is 11.5 Å². The molecular formula is C15H25N3O. The Morgan fingerprint density at radius 1 is 1.26 bits per heavy atom. The van der Waals surface area contributed by atoms with Crippen LogP contribution in [-0.4, -0.2) is 18.6 Å². The Morgan fingerprint density at radius 2 is 1.95 bits per heavy atom. The van der Waals surface area contributed by atoms with E-state index in [1.165, 1.54) is 32.1 Å². The number of anilines is 2. The van der Waals surface area contributed by atoms with Gasteiger partial charge in [-0.15, -0.1) is 0 Å². The van der Waals surface area contributed by atoms with Crippen LogP contribution < -0.4 is 15.8 Å². The van der Waals surface area contributed by atoms with E-state index in [1.807, 2.05) is 12.1 Å². The van der Waals surface area contributed by atoms with Crippen LogP contribution in [0.1, 0.15) is 39.0 Å². The highest BCUT2D eigenvalue weighted by Gasteiger charge is 2.19. The van der Waals surface area contributed by atoms with Crippen LogP contribution in [0.3, 0.4) is 0 Å². The Bertz CT molecular complexity index is 400. The molecule has 106 valence electrons. The summed E-state index contributed by atoms with van der Waals surface area (Å²) < 4.78 is 5.13. The van der Waals surface area contributed by atoms with Gasteiger partial charge in [0, 0.05) is 6.54 Å². The molecule has 1 aliphatic carbocycles. The lowest BCUT2D eigenvalue weighted by molar-refractivity contribution is 0.278. The van der Waals surface area contributed by atoms with Crippen LogP contribution in [0.25, 0.3) is 0 Å². The number of nitrogen functional groups attached to an aromatic ring is 1. The Kier molecular flexibility index (Phi) is 4.88. The SMILES string of the molecule is CCC1CCC(CNc2ccc(N)c(OC)n2)CC1. The number of ether oxygens (including phenoxy) is 1. The normalized spacial score (nSPS) is 23.1. The maximum atomic E-state index is 5.75. The van der Waals surface area contributed by atoms with Crippen molar-refractivity contribution in [1.29, 1.82) is 0 Å². The number of rotatable bonds is 5. The predicted molar refractivity (Wildman–Crippen MR) is 79.4 cm³/mol. The molecule has 1 heterocycles. The first-order valence-corrected chi connectivity index (χ1v) is 7.27. The summed E-state index contributed by atoms with van der Waals surface area (Å²) in [6.45, 7) is 3.30. The summed E-state index contributed by atoms with van der Waals surface area (Å²) >= 11 is 0. The maximum Gasteiger partial charge on any atom is 0.238 e. The highest BCUT2D eigenvalue weighted by Crippen LogP contribution is 2.30. The van der Waals surface area contributed by atoms with Crippen LogP contribution in [0, 0.1) is 11.8 Å². The molecule has 4 nitrogen and oxygen atoms in total. The molecule has 0 unspecified atom stereocenters. The quantitative estimate of drug-likeness (QED) is 0.855. The molecule has 2 rings (SSSR count). The Balaban J connectivity index is 1.82. The molecule has 0 radical (unpaired) electrons. The summed E-state index contributed by atoms with van der Waals surface area (Å²) in [6.07, 6.45) is 6.74. The van der Waals surface area contributed by atoms with E-state index in [0.717, 1.165) is 24.2 Å². The van der Waals surface area contributed by atoms with Gasteiger partial charge in [0.2, 0.25) is 5.88 Å². The molecule has 0 spiro atoms. The second kappa shape index (κ2) is 6.64. The smallest absolute Gasteiger partial charge is 0.238 e. The third-order valence-electron chi connectivity index (χ3n) is 4.20. The largest absolute Gasteiger partial charge is 0.479 e. The van der Waals surface area contributed by atoms with E-state index in [0.29, 0.717) is 11.6 Å². The van der Waals surface area contributed by atoms with Gasteiger partial charge >= 0.3 is 0 Å². The maximum absolute atomic E-state index is 5.75. The summed E-state index contributed by atoms with van der Waals surface area (Å²) in [5, 5.41) is 3.40. The van der Waals surface area contributed by atoms with Gasteiger partial charge in [0.15, 0.2) is 0 Å². The molecule has 0 saturated heterocycles. The lowest BCUT2D eigenvalue weighted by Gasteiger charge is -2.28. The van der Waals surface area contributed by atoms with E-state index in [9.17, 15) is 0 Å². The molecule has 3 N–H and O–H groups in total. The van der Waals surface area contributed by atoms with Gasteiger partial charge in [0.25, 0.3) is 0 Å². The van der Waals surface area contributed by atoms with Gasteiger partial charge in [-0.3, -0.25) is 0 Å². The molecule has 1 aliphatic rings. The molecule has 1 aromatic heterocycles. The minimum Gasteiger partial charge on any atom is -0.479 e. The molecule has 0 aliphatic heterocycles. The summed E-state index contributed by atoms with van der Waals surface area (Å²) in [4.78, 5) is 4.35. The fourth-order valence-electron chi connectivity index (χ4n) is 2.81. The number of hydrogen-bond acceptors (Lipinski definition) is 4. The molecule has 0 amide bonds. The number of hydrogen-bond donors (Lipinski definition) is 2. The van der Waals surface area contributed by atoms with Crippen LogP contribution >= 0.6 is 0 Å². The highest BCUT2D eigenvalue weighted by atomic mass is 16.5. The van der Waals surface area contributed by atoms with Gasteiger partial charge in [0.1, 0.15) is 5.82 Å². The zero-order valence-electron chi connectivity index (χ0n) is 12.0. The van der Waals surface area contributed by atoms with Crippen molar-refractivity contribution in [3.05, 3.63) is 12.1 Å². The average Bonchev–Trinajstić information content (AvgIpc) is 2.47. The summed E-state index contributed by atoms with van der Waals surface area (Å²) in [5.41, 5.74) is 6.33. The van der Waals surface area contributed by atoms with Gasteiger partial charge in [-0.25, -0.2) is 0 Å². The summed E-state index contributed by atoms with van der Waals surface area (Å²) in [5.74, 6) is 3.07. The van der Waals surface area contributed by atoms with Gasteiger partial charge < -0.3 is 15.8 Å². The van der Waals surface area contributed by atoms with E-state index < -0.39 is 0 Å². The van der Waals surface area contributed by atoms with Crippen molar-refractivity contribution in [2.75, 3.05) is 24.7 Å². The molecule has 4 heteroatoms. The number of pyridine rings is 1. The van der Waals surface area contributed by atoms with Crippen LogP contribution in [0.2, 0.25) is 0 Å². The minimum absolute atomic E-state index is 0.500. The predicted octanol–water partition coefficient (Wildman–Crippen LogP) is 3.30. The number of nitrogens with zero attached hydrogens (tertiary/aromatic N) is 1. The topological polar surface area (TPSA) is 60.2 Å². The van der Waals surface area contributed by atoms with Gasteiger partial charge in [-0.2, -0.15) is 4.98 Å². The van der Waals surface area contributed by atoms with E-state index in [-0.39, 0.29) is 0 Å². The molecule has 19 heavy (non-hydrogen) atoms. The zero-order chi connectivity index (χ0) is 13.7. The van der Waals surface area contributed by atoms with E-state index in [1.54, 1.807) is 7.11 Å². The summed E-state index contributed by atoms with van der Waals surface area (Å²) in [6, 6.07) is 3.75. The second-order valence-electron chi connectivity index (χ2n) is 5.47. The molecule has 1 aromatic rings. The van der Waals surface area contributed by atoms with Crippen LogP contribution in [0.15, 0.2) is 12.1 Å². The summed E-state index contributed by atoms with van der Waals surface area (Å²) in [7, 11) is 1.59. The van der Waals surface area contributed by atoms with Gasteiger partial charge in [-0.05, 0) is 36.8 Å². The number of methoxy groups -OCH3 is 1. The van der Waals surface area contributed by atoms with Crippen molar-refractivity contribution in [2.45, 2.75) is 39.0 Å². The molecular weight excluding hydrogens is 238 g/mol. The van der Waals surface area contributed by atoms with Crippen molar-refractivity contribution in [3.63, 3.8) is 0 Å². The van der Waals surface area contributed by atoms with E-state index in [4.69, 9.17) is 10.5 Å². The van der Waals surface area contributed by atoms with Gasteiger partial charge in [-0.1, -0.05) is 26.2 Å². The van der Waals surface area contributed by atoms with Gasteiger partial charge in [0.05, 0.1) is 12.8 Å². The fraction of sp³-hybridized carbons (Fsp3) is 0.667. The Morgan fingerprint density at radius 3 is 2.58 bits per heavy atom. The Labute approximate surface area is 115 Å². The first kappa shape index (κ1) is 14.0. The van der Waals surface area contributed by atoms with Crippen molar-refractivity contribution < 1.29 is 4.74 Å².